The highest BCUT2D eigenvalue weighted by atomic mass is 32.2. The van der Waals surface area contributed by atoms with E-state index >= 15 is 0 Å². The Labute approximate surface area is 169 Å². The summed E-state index contributed by atoms with van der Waals surface area (Å²) < 4.78 is 36.7. The van der Waals surface area contributed by atoms with Crippen LogP contribution in [0.15, 0.2) is 66.1 Å². The molecule has 0 heterocycles. The van der Waals surface area contributed by atoms with Gasteiger partial charge in [0.1, 0.15) is 5.75 Å². The Balaban J connectivity index is 2.02. The summed E-state index contributed by atoms with van der Waals surface area (Å²) in [6, 6.07) is 12.0. The van der Waals surface area contributed by atoms with Crippen LogP contribution in [-0.4, -0.2) is 40.1 Å². The second-order valence-corrected chi connectivity index (χ2v) is 7.67. The number of para-hydroxylation sites is 2. The first-order valence-electron chi connectivity index (χ1n) is 8.64. The second kappa shape index (κ2) is 9.85. The topological polar surface area (TPSA) is 111 Å². The molecule has 9 heteroatoms. The van der Waals surface area contributed by atoms with Crippen molar-refractivity contribution in [2.75, 3.05) is 19.0 Å². The van der Waals surface area contributed by atoms with Crippen LogP contribution in [0.4, 0.5) is 5.69 Å². The van der Waals surface area contributed by atoms with Crippen molar-refractivity contribution in [1.29, 1.82) is 0 Å². The summed E-state index contributed by atoms with van der Waals surface area (Å²) in [6.45, 7) is 4.96. The number of anilines is 1. The van der Waals surface area contributed by atoms with Gasteiger partial charge in [-0.05, 0) is 43.3 Å². The van der Waals surface area contributed by atoms with Crippen LogP contribution in [0.2, 0.25) is 0 Å². The molecule has 1 amide bonds. The van der Waals surface area contributed by atoms with Gasteiger partial charge < -0.3 is 14.8 Å². The van der Waals surface area contributed by atoms with Gasteiger partial charge in [-0.15, -0.1) is 6.58 Å². The van der Waals surface area contributed by atoms with E-state index < -0.39 is 28.0 Å². The van der Waals surface area contributed by atoms with Crippen molar-refractivity contribution < 1.29 is 27.5 Å². The lowest BCUT2D eigenvalue weighted by atomic mass is 10.2. The summed E-state index contributed by atoms with van der Waals surface area (Å²) in [6.07, 6.45) is 0.339. The number of esters is 1. The highest BCUT2D eigenvalue weighted by Gasteiger charge is 2.21. The molecule has 8 nitrogen and oxygen atoms in total. The molecule has 0 aliphatic heterocycles. The standard InChI is InChI=1S/C20H22N2O6S/c1-4-13-21-29(25,26)16-11-9-15(10-12-16)20(24)28-14(2)19(23)22-17-7-5-6-8-18(17)27-3/h4-12,14,21H,1,13H2,2-3H3,(H,22,23)/t14-/m0/s1. The van der Waals surface area contributed by atoms with Crippen molar-refractivity contribution >= 4 is 27.6 Å². The highest BCUT2D eigenvalue weighted by molar-refractivity contribution is 7.89. The molecule has 0 radical (unpaired) electrons. The number of sulfonamides is 1. The Hall–Kier alpha value is -3.17. The van der Waals surface area contributed by atoms with E-state index in [9.17, 15) is 18.0 Å². The van der Waals surface area contributed by atoms with Crippen molar-refractivity contribution in [1.82, 2.24) is 4.72 Å². The zero-order valence-corrected chi connectivity index (χ0v) is 16.9. The van der Waals surface area contributed by atoms with E-state index in [1.165, 1.54) is 44.4 Å². The van der Waals surface area contributed by atoms with E-state index in [2.05, 4.69) is 16.6 Å². The number of methoxy groups -OCH3 is 1. The summed E-state index contributed by atoms with van der Waals surface area (Å²) in [4.78, 5) is 24.6. The molecule has 29 heavy (non-hydrogen) atoms. The summed E-state index contributed by atoms with van der Waals surface area (Å²) in [5, 5.41) is 2.63. The van der Waals surface area contributed by atoms with Gasteiger partial charge in [-0.3, -0.25) is 4.79 Å². The molecule has 0 unspecified atom stereocenters. The average molecular weight is 418 g/mol. The number of carbonyl (C=O) groups is 2. The first-order chi connectivity index (χ1) is 13.8. The second-order valence-electron chi connectivity index (χ2n) is 5.90. The van der Waals surface area contributed by atoms with Crippen LogP contribution in [0, 0.1) is 0 Å². The van der Waals surface area contributed by atoms with Crippen LogP contribution in [0.5, 0.6) is 5.75 Å². The fourth-order valence-electron chi connectivity index (χ4n) is 2.29. The summed E-state index contributed by atoms with van der Waals surface area (Å²) in [7, 11) is -2.21. The van der Waals surface area contributed by atoms with Crippen molar-refractivity contribution in [3.63, 3.8) is 0 Å². The van der Waals surface area contributed by atoms with Crippen LogP contribution in [0.1, 0.15) is 17.3 Å². The lowest BCUT2D eigenvalue weighted by Gasteiger charge is -2.15. The van der Waals surface area contributed by atoms with Gasteiger partial charge in [0, 0.05) is 6.54 Å². The molecule has 2 aromatic rings. The average Bonchev–Trinajstić information content (AvgIpc) is 2.72. The fraction of sp³-hybridized carbons (Fsp3) is 0.200. The quantitative estimate of drug-likeness (QED) is 0.478. The molecular formula is C20H22N2O6S. The van der Waals surface area contributed by atoms with Gasteiger partial charge in [0.2, 0.25) is 10.0 Å². The molecule has 0 saturated heterocycles. The number of hydrogen-bond acceptors (Lipinski definition) is 6. The molecule has 2 rings (SSSR count). The number of nitrogens with one attached hydrogen (secondary N) is 2. The first kappa shape index (κ1) is 22.1. The predicted molar refractivity (Wildman–Crippen MR) is 108 cm³/mol. The van der Waals surface area contributed by atoms with Crippen LogP contribution in [-0.2, 0) is 19.6 Å². The van der Waals surface area contributed by atoms with E-state index in [0.29, 0.717) is 11.4 Å². The van der Waals surface area contributed by atoms with Crippen LogP contribution < -0.4 is 14.8 Å². The van der Waals surface area contributed by atoms with Crippen molar-refractivity contribution in [2.45, 2.75) is 17.9 Å². The molecular weight excluding hydrogens is 396 g/mol. The molecule has 0 fully saturated rings. The van der Waals surface area contributed by atoms with Gasteiger partial charge in [-0.25, -0.2) is 17.9 Å². The Bertz CT molecular complexity index is 986. The zero-order chi connectivity index (χ0) is 21.4. The molecule has 2 aromatic carbocycles. The molecule has 0 aliphatic carbocycles. The van der Waals surface area contributed by atoms with E-state index in [4.69, 9.17) is 9.47 Å². The molecule has 0 saturated carbocycles. The molecule has 0 bridgehead atoms. The molecule has 1 atom stereocenters. The summed E-state index contributed by atoms with van der Waals surface area (Å²) in [5.74, 6) is -0.812. The zero-order valence-electron chi connectivity index (χ0n) is 16.0. The third-order valence-corrected chi connectivity index (χ3v) is 5.28. The lowest BCUT2D eigenvalue weighted by Crippen LogP contribution is -2.30. The minimum absolute atomic E-state index is 0.00198. The summed E-state index contributed by atoms with van der Waals surface area (Å²) >= 11 is 0. The van der Waals surface area contributed by atoms with Crippen molar-refractivity contribution in [3.8, 4) is 5.75 Å². The van der Waals surface area contributed by atoms with Crippen LogP contribution in [0.25, 0.3) is 0 Å². The largest absolute Gasteiger partial charge is 0.495 e. The van der Waals surface area contributed by atoms with Gasteiger partial charge in [0.25, 0.3) is 5.91 Å². The van der Waals surface area contributed by atoms with E-state index in [-0.39, 0.29) is 17.0 Å². The lowest BCUT2D eigenvalue weighted by molar-refractivity contribution is -0.123. The SMILES string of the molecule is C=CCNS(=O)(=O)c1ccc(C(=O)O[C@@H](C)C(=O)Nc2ccccc2OC)cc1. The van der Waals surface area contributed by atoms with E-state index in [1.807, 2.05) is 0 Å². The minimum atomic E-state index is -3.69. The van der Waals surface area contributed by atoms with E-state index in [1.54, 1.807) is 24.3 Å². The van der Waals surface area contributed by atoms with Gasteiger partial charge in [0.05, 0.1) is 23.3 Å². The molecule has 154 valence electrons. The summed E-state index contributed by atoms with van der Waals surface area (Å²) in [5.41, 5.74) is 0.564. The number of benzene rings is 2. The number of rotatable bonds is 9. The van der Waals surface area contributed by atoms with Crippen molar-refractivity contribution in [2.24, 2.45) is 0 Å². The predicted octanol–water partition coefficient (Wildman–Crippen LogP) is 2.34. The molecule has 2 N–H and O–H groups in total. The fourth-order valence-corrected chi connectivity index (χ4v) is 3.28. The van der Waals surface area contributed by atoms with Gasteiger partial charge in [-0.1, -0.05) is 18.2 Å². The number of carbonyl (C=O) groups excluding carboxylic acids is 2. The Morgan fingerprint density at radius 3 is 2.41 bits per heavy atom. The Kier molecular flexibility index (Phi) is 7.52. The molecule has 0 aromatic heterocycles. The Morgan fingerprint density at radius 1 is 1.14 bits per heavy atom. The Morgan fingerprint density at radius 2 is 1.79 bits per heavy atom. The third kappa shape index (κ3) is 5.90. The maximum absolute atomic E-state index is 12.3. The van der Waals surface area contributed by atoms with Gasteiger partial charge in [0.15, 0.2) is 6.10 Å². The first-order valence-corrected chi connectivity index (χ1v) is 10.1. The minimum Gasteiger partial charge on any atom is -0.495 e. The monoisotopic (exact) mass is 418 g/mol. The highest BCUT2D eigenvalue weighted by Crippen LogP contribution is 2.23. The van der Waals surface area contributed by atoms with Crippen molar-refractivity contribution in [3.05, 3.63) is 66.7 Å². The third-order valence-electron chi connectivity index (χ3n) is 3.84. The number of amides is 1. The molecule has 0 aliphatic rings. The van der Waals surface area contributed by atoms with Crippen LogP contribution in [0.3, 0.4) is 0 Å². The maximum Gasteiger partial charge on any atom is 0.338 e. The van der Waals surface area contributed by atoms with Gasteiger partial charge in [-0.2, -0.15) is 0 Å². The number of ether oxygens (including phenoxy) is 2. The normalized spacial score (nSPS) is 11.9. The van der Waals surface area contributed by atoms with E-state index in [0.717, 1.165) is 0 Å². The number of hydrogen-bond donors (Lipinski definition) is 2. The molecule has 0 spiro atoms. The maximum atomic E-state index is 12.3. The van der Waals surface area contributed by atoms with Crippen LogP contribution >= 0.6 is 0 Å². The van der Waals surface area contributed by atoms with Gasteiger partial charge >= 0.3 is 5.97 Å². The smallest absolute Gasteiger partial charge is 0.338 e.